The number of nitrogens with zero attached hydrogens (tertiary/aromatic N) is 2. The van der Waals surface area contributed by atoms with Crippen LogP contribution in [-0.2, 0) is 31.0 Å². The molecule has 0 aliphatic carbocycles. The van der Waals surface area contributed by atoms with Crippen LogP contribution in [0.25, 0.3) is 0 Å². The van der Waals surface area contributed by atoms with Gasteiger partial charge in [0.15, 0.2) is 0 Å². The van der Waals surface area contributed by atoms with Crippen LogP contribution in [0, 0.1) is 0 Å². The molecule has 0 aromatic carbocycles. The molecule has 13 heteroatoms. The van der Waals surface area contributed by atoms with Gasteiger partial charge in [-0.25, -0.2) is 0 Å². The van der Waals surface area contributed by atoms with E-state index in [-0.39, 0.29) is 5.79 Å². The van der Waals surface area contributed by atoms with Crippen LogP contribution in [0.15, 0.2) is 11.4 Å². The molecule has 0 heterocycles. The van der Waals surface area contributed by atoms with E-state index in [0.29, 0.717) is 29.3 Å². The van der Waals surface area contributed by atoms with Gasteiger partial charge < -0.3 is 31.0 Å². The highest BCUT2D eigenvalue weighted by molar-refractivity contribution is 6.67. The van der Waals surface area contributed by atoms with Gasteiger partial charge in [-0.15, -0.1) is 0 Å². The van der Waals surface area contributed by atoms with Gasteiger partial charge in [-0.3, -0.25) is 9.80 Å². The van der Waals surface area contributed by atoms with Gasteiger partial charge in [0, 0.05) is 48.3 Å². The quantitative estimate of drug-likeness (QED) is 0.140. The Kier molecular flexibility index (Phi) is 21.5. The Labute approximate surface area is 215 Å². The summed E-state index contributed by atoms with van der Waals surface area (Å²) in [6.07, 6.45) is 2.06. The monoisotopic (exact) mass is 552 g/mol. The summed E-state index contributed by atoms with van der Waals surface area (Å²) in [5.74, 6) is 0.259. The molecule has 0 amide bonds. The molecule has 9 nitrogen and oxygen atoms in total. The van der Waals surface area contributed by atoms with Crippen LogP contribution in [0.4, 0.5) is 0 Å². The lowest BCUT2D eigenvalue weighted by Gasteiger charge is -2.35. The maximum absolute atomic E-state index is 5.98. The molecular weight excluding hydrogens is 505 g/mol. The van der Waals surface area contributed by atoms with Gasteiger partial charge >= 0.3 is 27.4 Å². The van der Waals surface area contributed by atoms with E-state index in [2.05, 4.69) is 35.3 Å². The van der Waals surface area contributed by atoms with Crippen LogP contribution in [-0.4, -0.2) is 128 Å². The van der Waals surface area contributed by atoms with Gasteiger partial charge in [-0.1, -0.05) is 5.70 Å². The molecule has 4 radical (unpaired) electrons. The van der Waals surface area contributed by atoms with E-state index in [4.69, 9.17) is 31.0 Å². The number of hydrogen-bond donors (Lipinski definition) is 0. The van der Waals surface area contributed by atoms with E-state index in [9.17, 15) is 0 Å². The minimum Gasteiger partial charge on any atom is -0.397 e. The maximum atomic E-state index is 5.98. The summed E-state index contributed by atoms with van der Waals surface area (Å²) in [5.41, 5.74) is 4.26. The van der Waals surface area contributed by atoms with Gasteiger partial charge in [-0.05, 0) is 78.6 Å². The van der Waals surface area contributed by atoms with Crippen LogP contribution in [0.2, 0.25) is 12.1 Å². The number of hydrogen-bond acceptors (Lipinski definition) is 9. The molecule has 0 saturated carbocycles. The van der Waals surface area contributed by atoms with Crippen molar-refractivity contribution in [3.8, 4) is 0 Å². The lowest BCUT2D eigenvalue weighted by Crippen LogP contribution is -2.50. The summed E-state index contributed by atoms with van der Waals surface area (Å²) < 4.78 is 39.7. The molecule has 0 fully saturated rings. The fourth-order valence-electron chi connectivity index (χ4n) is 3.47. The van der Waals surface area contributed by atoms with Crippen molar-refractivity contribution < 1.29 is 31.0 Å². The highest BCUT2D eigenvalue weighted by Gasteiger charge is 2.37. The summed E-state index contributed by atoms with van der Waals surface area (Å²) in [5, 5.41) is 0. The molecule has 0 aromatic heterocycles. The summed E-state index contributed by atoms with van der Waals surface area (Å²) in [7, 11) is 6.69. The third kappa shape index (κ3) is 14.1. The summed E-state index contributed by atoms with van der Waals surface area (Å²) in [4.78, 5) is 4.83. The third-order valence-electron chi connectivity index (χ3n) is 5.10. The van der Waals surface area contributed by atoms with E-state index >= 15 is 0 Å². The molecule has 0 bridgehead atoms. The molecule has 0 N–H and O–H groups in total. The van der Waals surface area contributed by atoms with E-state index in [1.807, 2.05) is 20.8 Å². The second kappa shape index (κ2) is 21.3. The second-order valence-corrected chi connectivity index (χ2v) is 15.2. The van der Waals surface area contributed by atoms with Gasteiger partial charge in [0.2, 0.25) is 0 Å². The zero-order chi connectivity index (χ0) is 25.8. The molecule has 0 aromatic rings. The Morgan fingerprint density at radius 1 is 0.735 bits per heavy atom. The molecule has 0 aliphatic rings. The topological polar surface area (TPSA) is 71.1 Å². The Morgan fingerprint density at radius 2 is 1.12 bits per heavy atom. The zero-order valence-electron chi connectivity index (χ0n) is 22.8. The van der Waals surface area contributed by atoms with E-state index in [1.165, 1.54) is 0 Å². The van der Waals surface area contributed by atoms with E-state index in [0.717, 1.165) is 38.0 Å². The predicted molar refractivity (Wildman–Crippen MR) is 143 cm³/mol. The number of rotatable bonds is 23. The SMILES string of the molecule is CCO[Si](C=C[Si]C(N(C)CCC[Si](OC)OC)N(C)CCC[Si](OC)OC)(OCC)OCC. The van der Waals surface area contributed by atoms with Crippen molar-refractivity contribution in [3.05, 3.63) is 11.4 Å². The van der Waals surface area contributed by atoms with Gasteiger partial charge in [-0.2, -0.15) is 0 Å². The van der Waals surface area contributed by atoms with Crippen molar-refractivity contribution in [2.75, 3.05) is 75.4 Å². The van der Waals surface area contributed by atoms with Crippen molar-refractivity contribution in [3.63, 3.8) is 0 Å². The lowest BCUT2D eigenvalue weighted by atomic mass is 10.4. The van der Waals surface area contributed by atoms with E-state index < -0.39 is 27.4 Å². The van der Waals surface area contributed by atoms with Crippen molar-refractivity contribution >= 4 is 36.9 Å². The van der Waals surface area contributed by atoms with Gasteiger partial charge in [0.1, 0.15) is 9.52 Å². The Balaban J connectivity index is 5.29. The van der Waals surface area contributed by atoms with Crippen molar-refractivity contribution in [2.45, 2.75) is 51.5 Å². The minimum absolute atomic E-state index is 0.259. The maximum Gasteiger partial charge on any atom is 0.528 e. The van der Waals surface area contributed by atoms with E-state index in [1.54, 1.807) is 28.4 Å². The molecule has 0 unspecified atom stereocenters. The second-order valence-electron chi connectivity index (χ2n) is 7.51. The Hall–Kier alpha value is 0.248. The van der Waals surface area contributed by atoms with Gasteiger partial charge in [0.25, 0.3) is 0 Å². The first-order chi connectivity index (χ1) is 16.4. The molecule has 0 atom stereocenters. The van der Waals surface area contributed by atoms with Crippen LogP contribution in [0.1, 0.15) is 33.6 Å². The first-order valence-corrected chi connectivity index (χ1v) is 18.0. The molecule has 0 rings (SSSR count). The predicted octanol–water partition coefficient (Wildman–Crippen LogP) is 2.28. The normalized spacial score (nSPS) is 13.1. The average molecular weight is 553 g/mol. The molecule has 200 valence electrons. The van der Waals surface area contributed by atoms with Crippen LogP contribution in [0.3, 0.4) is 0 Å². The first kappa shape index (κ1) is 34.2. The molecule has 0 spiro atoms. The summed E-state index contributed by atoms with van der Waals surface area (Å²) in [6.45, 7) is 9.56. The van der Waals surface area contributed by atoms with Crippen LogP contribution >= 0.6 is 0 Å². The smallest absolute Gasteiger partial charge is 0.397 e. The molecule has 34 heavy (non-hydrogen) atoms. The van der Waals surface area contributed by atoms with Crippen LogP contribution in [0.5, 0.6) is 0 Å². The lowest BCUT2D eigenvalue weighted by molar-refractivity contribution is 0.0843. The third-order valence-corrected chi connectivity index (χ3v) is 13.0. The highest BCUT2D eigenvalue weighted by atomic mass is 28.4. The Bertz CT molecular complexity index is 463. The summed E-state index contributed by atoms with van der Waals surface area (Å²) in [6, 6.07) is 1.92. The molecule has 0 saturated heterocycles. The largest absolute Gasteiger partial charge is 0.528 e. The van der Waals surface area contributed by atoms with Gasteiger partial charge in [0.05, 0.1) is 5.79 Å². The highest BCUT2D eigenvalue weighted by Crippen LogP contribution is 2.13. The summed E-state index contributed by atoms with van der Waals surface area (Å²) >= 11 is 0. The van der Waals surface area contributed by atoms with Crippen LogP contribution < -0.4 is 0 Å². The average Bonchev–Trinajstić information content (AvgIpc) is 2.82. The fourth-order valence-corrected chi connectivity index (χ4v) is 9.40. The minimum atomic E-state index is -2.80. The molecular formula is C21H48N2O7Si4. The van der Waals surface area contributed by atoms with Crippen molar-refractivity contribution in [1.29, 1.82) is 0 Å². The van der Waals surface area contributed by atoms with Crippen molar-refractivity contribution in [1.82, 2.24) is 9.80 Å². The van der Waals surface area contributed by atoms with Crippen molar-refractivity contribution in [2.24, 2.45) is 0 Å². The molecule has 0 aliphatic heterocycles. The Morgan fingerprint density at radius 3 is 1.44 bits per heavy atom. The fraction of sp³-hybridized carbons (Fsp3) is 0.905. The first-order valence-electron chi connectivity index (χ1n) is 12.0. The standard InChI is InChI=1S/C21H48N2O7Si4/c1-10-28-34(29-11-2,30-12-3)20-17-31-21(22(4)15-13-18-32(24-6)25-7)23(5)16-14-19-33(26-8)27-9/h17,20-21H,10-16,18-19H2,1-9H3. The zero-order valence-corrected chi connectivity index (χ0v) is 26.8.